The Labute approximate surface area is 305 Å². The fourth-order valence-electron chi connectivity index (χ4n) is 6.58. The number of aliphatic carboxylic acids is 2. The van der Waals surface area contributed by atoms with Crippen LogP contribution in [0.15, 0.2) is 0 Å². The number of aliphatic hydroxyl groups excluding tert-OH is 3. The van der Waals surface area contributed by atoms with Gasteiger partial charge in [-0.15, -0.1) is 0 Å². The average Bonchev–Trinajstić information content (AvgIpc) is 3.06. The molecule has 6 N–H and O–H groups in total. The zero-order chi connectivity index (χ0) is 37.9. The lowest BCUT2D eigenvalue weighted by molar-refractivity contribution is -0.152. The van der Waals surface area contributed by atoms with Crippen molar-refractivity contribution in [2.75, 3.05) is 39.5 Å². The van der Waals surface area contributed by atoms with Crippen molar-refractivity contribution in [2.24, 2.45) is 5.92 Å². The van der Waals surface area contributed by atoms with Gasteiger partial charge in [0.1, 0.15) is 0 Å². The summed E-state index contributed by atoms with van der Waals surface area (Å²) in [5, 5.41) is 45.3. The zero-order valence-electron chi connectivity index (χ0n) is 31.9. The number of carboxylic acids is 2. The van der Waals surface area contributed by atoms with Gasteiger partial charge in [-0.2, -0.15) is 8.42 Å². The van der Waals surface area contributed by atoms with Crippen LogP contribution >= 0.6 is 0 Å². The number of aliphatic hydroxyl groups is 3. The first-order valence-electron chi connectivity index (χ1n) is 20.0. The topological polar surface area (TPSA) is 193 Å². The highest BCUT2D eigenvalue weighted by Gasteiger charge is 2.58. The molecule has 0 aromatic rings. The molecular weight excluding hydrogens is 662 g/mol. The summed E-state index contributed by atoms with van der Waals surface area (Å²) in [4.78, 5) is 26.2. The van der Waals surface area contributed by atoms with Gasteiger partial charge in [-0.05, 0) is 12.8 Å². The Morgan fingerprint density at radius 2 is 0.840 bits per heavy atom. The molecule has 0 saturated heterocycles. The predicted octanol–water partition coefficient (Wildman–Crippen LogP) is 7.85. The standard InChI is InChI=1S/C32H62O7S.C6H15NO3/c1-3-5-7-9-11-13-15-17-19-21-23-25-27-29(30(33)34)32(31(35)36,40(37,38)39)28-26-24-22-20-18-16-14-12-10-8-6-4-2;8-4-1-7(2-5-9)3-6-10/h29H,3-28H2,1-2H3,(H,33,34)(H,35,36)(H,37,38,39);8-10H,1-6H2. The predicted molar refractivity (Wildman–Crippen MR) is 202 cm³/mol. The molecule has 2 atom stereocenters. The van der Waals surface area contributed by atoms with Crippen LogP contribution in [0.1, 0.15) is 181 Å². The molecule has 0 amide bonds. The molecule has 0 aromatic carbocycles. The SMILES string of the molecule is CCCCCCCCCCCCCCC(C(=O)O)C(CCCCCCCCCCCCCC)(C(=O)O)S(=O)(=O)O.OCCN(CCO)CCO. The van der Waals surface area contributed by atoms with E-state index in [4.69, 9.17) is 15.3 Å². The van der Waals surface area contributed by atoms with Gasteiger partial charge >= 0.3 is 11.9 Å². The normalized spacial score (nSPS) is 13.5. The van der Waals surface area contributed by atoms with Gasteiger partial charge in [0.15, 0.2) is 0 Å². The first kappa shape index (κ1) is 50.8. The van der Waals surface area contributed by atoms with Gasteiger partial charge in [-0.3, -0.25) is 19.0 Å². The second-order valence-corrected chi connectivity index (χ2v) is 15.6. The quantitative estimate of drug-likeness (QED) is 0.0271. The molecule has 0 rings (SSSR count). The molecular formula is C38H77NO10S. The lowest BCUT2D eigenvalue weighted by Gasteiger charge is -2.32. The molecule has 0 aliphatic carbocycles. The Balaban J connectivity index is 0. The summed E-state index contributed by atoms with van der Waals surface area (Å²) in [5.74, 6) is -4.90. The van der Waals surface area contributed by atoms with Gasteiger partial charge < -0.3 is 25.5 Å². The van der Waals surface area contributed by atoms with E-state index in [-0.39, 0.29) is 39.1 Å². The van der Waals surface area contributed by atoms with Crippen molar-refractivity contribution in [2.45, 2.75) is 186 Å². The van der Waals surface area contributed by atoms with Crippen LogP contribution in [-0.4, -0.2) is 99.5 Å². The molecule has 12 heteroatoms. The lowest BCUT2D eigenvalue weighted by Crippen LogP contribution is -2.55. The van der Waals surface area contributed by atoms with Crippen molar-refractivity contribution in [1.82, 2.24) is 4.90 Å². The monoisotopic (exact) mass is 740 g/mol. The van der Waals surface area contributed by atoms with E-state index >= 15 is 0 Å². The Morgan fingerprint density at radius 3 is 1.10 bits per heavy atom. The fourth-order valence-corrected chi connectivity index (χ4v) is 7.78. The highest BCUT2D eigenvalue weighted by atomic mass is 32.2. The molecule has 300 valence electrons. The van der Waals surface area contributed by atoms with Crippen molar-refractivity contribution in [1.29, 1.82) is 0 Å². The van der Waals surface area contributed by atoms with Gasteiger partial charge in [-0.1, -0.05) is 168 Å². The molecule has 11 nitrogen and oxygen atoms in total. The Kier molecular flexibility index (Phi) is 35.3. The van der Waals surface area contributed by atoms with Crippen LogP contribution in [0, 0.1) is 5.92 Å². The molecule has 0 aliphatic heterocycles. The number of rotatable bonds is 36. The first-order valence-corrected chi connectivity index (χ1v) is 21.4. The molecule has 2 unspecified atom stereocenters. The molecule has 0 fully saturated rings. The van der Waals surface area contributed by atoms with E-state index in [0.29, 0.717) is 32.5 Å². The van der Waals surface area contributed by atoms with Gasteiger partial charge in [0.2, 0.25) is 4.75 Å². The molecule has 0 aliphatic rings. The average molecular weight is 740 g/mol. The van der Waals surface area contributed by atoms with E-state index in [1.54, 1.807) is 4.90 Å². The largest absolute Gasteiger partial charge is 0.481 e. The van der Waals surface area contributed by atoms with E-state index in [1.807, 2.05) is 0 Å². The van der Waals surface area contributed by atoms with E-state index in [1.165, 1.54) is 83.5 Å². The van der Waals surface area contributed by atoms with Crippen LogP contribution in [0.2, 0.25) is 0 Å². The van der Waals surface area contributed by atoms with Crippen LogP contribution in [-0.2, 0) is 19.7 Å². The van der Waals surface area contributed by atoms with Crippen molar-refractivity contribution in [3.05, 3.63) is 0 Å². The third kappa shape index (κ3) is 25.6. The van der Waals surface area contributed by atoms with Gasteiger partial charge in [0, 0.05) is 19.6 Å². The van der Waals surface area contributed by atoms with Crippen molar-refractivity contribution in [3.63, 3.8) is 0 Å². The Hall–Kier alpha value is -1.31. The summed E-state index contributed by atoms with van der Waals surface area (Å²) in [5.41, 5.74) is 0. The number of hydrogen-bond acceptors (Lipinski definition) is 8. The minimum atomic E-state index is -5.13. The number of unbranched alkanes of at least 4 members (excludes halogenated alkanes) is 22. The summed E-state index contributed by atoms with van der Waals surface area (Å²) < 4.78 is 32.1. The maximum absolute atomic E-state index is 12.4. The summed E-state index contributed by atoms with van der Waals surface area (Å²) in [6, 6.07) is 0. The fraction of sp³-hybridized carbons (Fsp3) is 0.947. The molecule has 0 aromatic heterocycles. The van der Waals surface area contributed by atoms with Crippen LogP contribution < -0.4 is 0 Å². The van der Waals surface area contributed by atoms with Crippen molar-refractivity contribution < 1.29 is 48.1 Å². The van der Waals surface area contributed by atoms with Gasteiger partial charge in [-0.25, -0.2) is 0 Å². The van der Waals surface area contributed by atoms with Gasteiger partial charge in [0.25, 0.3) is 10.1 Å². The number of carboxylic acid groups (broad SMARTS) is 2. The second-order valence-electron chi connectivity index (χ2n) is 13.9. The summed E-state index contributed by atoms with van der Waals surface area (Å²) in [6.45, 7) is 6.17. The summed E-state index contributed by atoms with van der Waals surface area (Å²) in [6.07, 6.45) is 25.2. The molecule has 0 radical (unpaired) electrons. The van der Waals surface area contributed by atoms with Gasteiger partial charge in [0.05, 0.1) is 25.7 Å². The smallest absolute Gasteiger partial charge is 0.328 e. The third-order valence-corrected chi connectivity index (χ3v) is 11.3. The van der Waals surface area contributed by atoms with Crippen LogP contribution in [0.3, 0.4) is 0 Å². The van der Waals surface area contributed by atoms with Crippen LogP contribution in [0.4, 0.5) is 0 Å². The number of hydrogen-bond donors (Lipinski definition) is 6. The maximum Gasteiger partial charge on any atom is 0.328 e. The second kappa shape index (κ2) is 34.8. The highest BCUT2D eigenvalue weighted by Crippen LogP contribution is 2.37. The molecule has 0 heterocycles. The number of carbonyl (C=O) groups is 2. The molecule has 0 bridgehead atoms. The van der Waals surface area contributed by atoms with Crippen molar-refractivity contribution >= 4 is 22.1 Å². The highest BCUT2D eigenvalue weighted by molar-refractivity contribution is 7.88. The maximum atomic E-state index is 12.4. The third-order valence-electron chi connectivity index (χ3n) is 9.68. The van der Waals surface area contributed by atoms with Crippen molar-refractivity contribution in [3.8, 4) is 0 Å². The Bertz CT molecular complexity index is 875. The molecule has 0 spiro atoms. The van der Waals surface area contributed by atoms with E-state index in [0.717, 1.165) is 51.4 Å². The zero-order valence-corrected chi connectivity index (χ0v) is 32.7. The van der Waals surface area contributed by atoms with Crippen LogP contribution in [0.5, 0.6) is 0 Å². The van der Waals surface area contributed by atoms with E-state index < -0.39 is 32.7 Å². The minimum absolute atomic E-state index is 0.0694. The van der Waals surface area contributed by atoms with E-state index in [9.17, 15) is 32.8 Å². The summed E-state index contributed by atoms with van der Waals surface area (Å²) >= 11 is 0. The van der Waals surface area contributed by atoms with E-state index in [2.05, 4.69) is 13.8 Å². The molecule has 0 saturated carbocycles. The molecule has 50 heavy (non-hydrogen) atoms. The lowest BCUT2D eigenvalue weighted by atomic mass is 9.82. The minimum Gasteiger partial charge on any atom is -0.481 e. The Morgan fingerprint density at radius 1 is 0.540 bits per heavy atom. The number of nitrogens with zero attached hydrogens (tertiary/aromatic N) is 1. The van der Waals surface area contributed by atoms with Crippen LogP contribution in [0.25, 0.3) is 0 Å². The first-order chi connectivity index (χ1) is 24.0. The summed E-state index contributed by atoms with van der Waals surface area (Å²) in [7, 11) is -5.13.